The third kappa shape index (κ3) is 4.46. The highest BCUT2D eigenvalue weighted by Gasteiger charge is 1.97. The van der Waals surface area contributed by atoms with Gasteiger partial charge in [-0.25, -0.2) is 10.8 Å². The molecule has 0 saturated carbocycles. The Bertz CT molecular complexity index is 306. The van der Waals surface area contributed by atoms with Crippen molar-refractivity contribution in [1.29, 1.82) is 0 Å². The van der Waals surface area contributed by atoms with Gasteiger partial charge in [0, 0.05) is 6.04 Å². The Hall–Kier alpha value is -1.55. The fourth-order valence-corrected chi connectivity index (χ4v) is 1.16. The maximum Gasteiger partial charge on any atom is 0.206 e. The molecule has 0 bridgehead atoms. The number of hydrazine groups is 1. The first-order valence-electron chi connectivity index (χ1n) is 5.04. The van der Waals surface area contributed by atoms with Crippen molar-refractivity contribution in [2.45, 2.75) is 26.4 Å². The third-order valence-electron chi connectivity index (χ3n) is 1.82. The summed E-state index contributed by atoms with van der Waals surface area (Å²) in [6.45, 7) is 4.70. The fourth-order valence-electron chi connectivity index (χ4n) is 1.16. The summed E-state index contributed by atoms with van der Waals surface area (Å²) in [5, 5.41) is 3.11. The fraction of sp³-hybridized carbons (Fsp3) is 0.364. The van der Waals surface area contributed by atoms with E-state index in [0.717, 1.165) is 5.56 Å². The number of nitrogens with one attached hydrogen (secondary N) is 2. The molecule has 82 valence electrons. The van der Waals surface area contributed by atoms with E-state index in [-0.39, 0.29) is 0 Å². The van der Waals surface area contributed by atoms with E-state index in [2.05, 4.69) is 15.7 Å². The smallest absolute Gasteiger partial charge is 0.206 e. The number of aliphatic imine (C=N–C) groups is 1. The minimum Gasteiger partial charge on any atom is -0.353 e. The van der Waals surface area contributed by atoms with E-state index in [9.17, 15) is 0 Å². The number of nitrogens with two attached hydrogens (primary N) is 1. The average Bonchev–Trinajstić information content (AvgIpc) is 2.25. The predicted molar refractivity (Wildman–Crippen MR) is 63.2 cm³/mol. The largest absolute Gasteiger partial charge is 0.353 e. The molecule has 0 aromatic heterocycles. The van der Waals surface area contributed by atoms with E-state index in [1.807, 2.05) is 44.2 Å². The first-order valence-corrected chi connectivity index (χ1v) is 5.04. The topological polar surface area (TPSA) is 62.4 Å². The summed E-state index contributed by atoms with van der Waals surface area (Å²) >= 11 is 0. The van der Waals surface area contributed by atoms with Crippen LogP contribution in [0.1, 0.15) is 19.4 Å². The Labute approximate surface area is 90.6 Å². The van der Waals surface area contributed by atoms with E-state index in [1.165, 1.54) is 0 Å². The normalized spacial score (nSPS) is 11.6. The zero-order valence-corrected chi connectivity index (χ0v) is 9.20. The van der Waals surface area contributed by atoms with Crippen molar-refractivity contribution in [3.05, 3.63) is 35.9 Å². The summed E-state index contributed by atoms with van der Waals surface area (Å²) in [5.41, 5.74) is 3.71. The highest BCUT2D eigenvalue weighted by molar-refractivity contribution is 5.79. The number of guanidine groups is 1. The lowest BCUT2D eigenvalue weighted by molar-refractivity contribution is 0.702. The van der Waals surface area contributed by atoms with Gasteiger partial charge < -0.3 is 5.32 Å². The number of nitrogens with zero attached hydrogens (tertiary/aromatic N) is 1. The van der Waals surface area contributed by atoms with Crippen LogP contribution in [-0.4, -0.2) is 12.0 Å². The standard InChI is InChI=1S/C11H18N4/c1-9(2)14-11(15-12)13-8-10-6-4-3-5-7-10/h3-7,9H,8,12H2,1-2H3,(H2,13,14,15). The molecular formula is C11H18N4. The first kappa shape index (κ1) is 11.5. The van der Waals surface area contributed by atoms with Crippen molar-refractivity contribution in [1.82, 2.24) is 10.7 Å². The van der Waals surface area contributed by atoms with Crippen LogP contribution in [0.25, 0.3) is 0 Å². The zero-order chi connectivity index (χ0) is 11.1. The molecule has 15 heavy (non-hydrogen) atoms. The van der Waals surface area contributed by atoms with Crippen LogP contribution in [0.3, 0.4) is 0 Å². The maximum absolute atomic E-state index is 5.34. The van der Waals surface area contributed by atoms with E-state index in [4.69, 9.17) is 5.84 Å². The van der Waals surface area contributed by atoms with Crippen LogP contribution < -0.4 is 16.6 Å². The summed E-state index contributed by atoms with van der Waals surface area (Å²) in [6, 6.07) is 10.4. The van der Waals surface area contributed by atoms with Crippen molar-refractivity contribution < 1.29 is 0 Å². The molecule has 4 nitrogen and oxygen atoms in total. The summed E-state index contributed by atoms with van der Waals surface area (Å²) in [4.78, 5) is 4.32. The summed E-state index contributed by atoms with van der Waals surface area (Å²) in [6.07, 6.45) is 0. The Morgan fingerprint density at radius 1 is 1.33 bits per heavy atom. The van der Waals surface area contributed by atoms with Gasteiger partial charge in [0.25, 0.3) is 0 Å². The van der Waals surface area contributed by atoms with Gasteiger partial charge >= 0.3 is 0 Å². The van der Waals surface area contributed by atoms with Crippen LogP contribution in [0, 0.1) is 0 Å². The molecule has 4 heteroatoms. The monoisotopic (exact) mass is 206 g/mol. The molecular weight excluding hydrogens is 188 g/mol. The molecule has 1 aromatic rings. The van der Waals surface area contributed by atoms with Gasteiger partial charge in [-0.2, -0.15) is 0 Å². The molecule has 0 heterocycles. The van der Waals surface area contributed by atoms with Crippen molar-refractivity contribution in [3.8, 4) is 0 Å². The van der Waals surface area contributed by atoms with Crippen LogP contribution in [0.2, 0.25) is 0 Å². The van der Waals surface area contributed by atoms with E-state index in [0.29, 0.717) is 18.5 Å². The Morgan fingerprint density at radius 2 is 2.00 bits per heavy atom. The second-order valence-electron chi connectivity index (χ2n) is 3.59. The first-order chi connectivity index (χ1) is 7.22. The third-order valence-corrected chi connectivity index (χ3v) is 1.82. The van der Waals surface area contributed by atoms with Crippen molar-refractivity contribution >= 4 is 5.96 Å². The molecule has 0 aliphatic heterocycles. The molecule has 0 aliphatic carbocycles. The molecule has 0 amide bonds. The SMILES string of the molecule is CC(C)NC(=NCc1ccccc1)NN. The Morgan fingerprint density at radius 3 is 2.53 bits per heavy atom. The van der Waals surface area contributed by atoms with E-state index in [1.54, 1.807) is 0 Å². The van der Waals surface area contributed by atoms with Crippen molar-refractivity contribution in [2.24, 2.45) is 10.8 Å². The summed E-state index contributed by atoms with van der Waals surface area (Å²) < 4.78 is 0. The molecule has 0 saturated heterocycles. The maximum atomic E-state index is 5.34. The number of rotatable bonds is 3. The van der Waals surface area contributed by atoms with Gasteiger partial charge in [0.05, 0.1) is 6.54 Å². The van der Waals surface area contributed by atoms with Crippen molar-refractivity contribution in [3.63, 3.8) is 0 Å². The van der Waals surface area contributed by atoms with Gasteiger partial charge in [0.15, 0.2) is 0 Å². The summed E-state index contributed by atoms with van der Waals surface area (Å²) in [7, 11) is 0. The number of hydrogen-bond donors (Lipinski definition) is 3. The second-order valence-corrected chi connectivity index (χ2v) is 3.59. The van der Waals surface area contributed by atoms with Crippen LogP contribution >= 0.6 is 0 Å². The minimum absolute atomic E-state index is 0.315. The zero-order valence-electron chi connectivity index (χ0n) is 9.20. The molecule has 1 aromatic carbocycles. The highest BCUT2D eigenvalue weighted by atomic mass is 15.3. The molecule has 0 unspecified atom stereocenters. The quantitative estimate of drug-likeness (QED) is 0.299. The minimum atomic E-state index is 0.315. The Kier molecular flexibility index (Phi) is 4.63. The van der Waals surface area contributed by atoms with Gasteiger partial charge in [-0.15, -0.1) is 0 Å². The molecule has 1 rings (SSSR count). The number of benzene rings is 1. The van der Waals surface area contributed by atoms with Crippen LogP contribution in [0.15, 0.2) is 35.3 Å². The van der Waals surface area contributed by atoms with Crippen LogP contribution in [-0.2, 0) is 6.54 Å². The number of hydrogen-bond acceptors (Lipinski definition) is 2. The van der Waals surface area contributed by atoms with Gasteiger partial charge in [-0.1, -0.05) is 30.3 Å². The van der Waals surface area contributed by atoms with Crippen LogP contribution in [0.4, 0.5) is 0 Å². The molecule has 4 N–H and O–H groups in total. The Balaban J connectivity index is 2.54. The second kappa shape index (κ2) is 6.03. The van der Waals surface area contributed by atoms with E-state index < -0.39 is 0 Å². The lowest BCUT2D eigenvalue weighted by Gasteiger charge is -2.11. The van der Waals surface area contributed by atoms with Crippen molar-refractivity contribution in [2.75, 3.05) is 0 Å². The highest BCUT2D eigenvalue weighted by Crippen LogP contribution is 1.99. The predicted octanol–water partition coefficient (Wildman–Crippen LogP) is 1.00. The summed E-state index contributed by atoms with van der Waals surface area (Å²) in [5.74, 6) is 5.96. The molecule has 0 radical (unpaired) electrons. The van der Waals surface area contributed by atoms with Gasteiger partial charge in [-0.3, -0.25) is 5.43 Å². The molecule has 0 spiro atoms. The van der Waals surface area contributed by atoms with E-state index >= 15 is 0 Å². The molecule has 0 atom stereocenters. The molecule has 0 fully saturated rings. The van der Waals surface area contributed by atoms with Gasteiger partial charge in [0.1, 0.15) is 0 Å². The lowest BCUT2D eigenvalue weighted by Crippen LogP contribution is -2.44. The molecule has 0 aliphatic rings. The average molecular weight is 206 g/mol. The van der Waals surface area contributed by atoms with Crippen LogP contribution in [0.5, 0.6) is 0 Å². The lowest BCUT2D eigenvalue weighted by atomic mass is 10.2. The van der Waals surface area contributed by atoms with Gasteiger partial charge in [0.2, 0.25) is 5.96 Å². The van der Waals surface area contributed by atoms with Gasteiger partial charge in [-0.05, 0) is 19.4 Å².